The summed E-state index contributed by atoms with van der Waals surface area (Å²) in [5, 5.41) is 28.6. The second kappa shape index (κ2) is 15.9. The van der Waals surface area contributed by atoms with Gasteiger partial charge in [-0.15, -0.1) is 0 Å². The number of likely N-dealkylation sites (tertiary alicyclic amines) is 1. The molecule has 0 saturated carbocycles. The Morgan fingerprint density at radius 2 is 1.49 bits per heavy atom. The highest BCUT2D eigenvalue weighted by atomic mass is 16.4. The van der Waals surface area contributed by atoms with E-state index in [1.807, 2.05) is 30.3 Å². The molecule has 4 aromatic rings. The molecule has 0 unspecified atom stereocenters. The molecule has 0 aliphatic carbocycles. The summed E-state index contributed by atoms with van der Waals surface area (Å²) in [6.45, 7) is -0.0888. The Morgan fingerprint density at radius 1 is 0.816 bits per heavy atom. The number of aliphatic carboxylic acids is 1. The van der Waals surface area contributed by atoms with Crippen LogP contribution < -0.4 is 21.7 Å². The minimum absolute atomic E-state index is 0.0392. The first-order valence-corrected chi connectivity index (χ1v) is 16.1. The molecule has 1 saturated heterocycles. The van der Waals surface area contributed by atoms with Crippen LogP contribution in [0.4, 0.5) is 0 Å². The fourth-order valence-electron chi connectivity index (χ4n) is 6.14. The maximum atomic E-state index is 13.9. The Bertz CT molecular complexity index is 1790. The van der Waals surface area contributed by atoms with Crippen molar-refractivity contribution in [3.63, 3.8) is 0 Å². The number of phenols is 1. The lowest BCUT2D eigenvalue weighted by Gasteiger charge is -2.30. The highest BCUT2D eigenvalue weighted by Gasteiger charge is 2.39. The Morgan fingerprint density at radius 3 is 2.20 bits per heavy atom. The first kappa shape index (κ1) is 34.6. The molecule has 8 N–H and O–H groups in total. The van der Waals surface area contributed by atoms with Crippen molar-refractivity contribution in [3.05, 3.63) is 102 Å². The molecule has 1 fully saturated rings. The normalized spacial score (nSPS) is 16.0. The predicted octanol–water partition coefficient (Wildman–Crippen LogP) is 1.39. The average molecular weight is 669 g/mol. The molecule has 13 heteroatoms. The van der Waals surface area contributed by atoms with Gasteiger partial charge in [-0.05, 0) is 47.7 Å². The summed E-state index contributed by atoms with van der Waals surface area (Å²) in [4.78, 5) is 70.7. The van der Waals surface area contributed by atoms with Gasteiger partial charge >= 0.3 is 5.97 Å². The van der Waals surface area contributed by atoms with E-state index in [0.717, 1.165) is 22.0 Å². The number of nitrogens with zero attached hydrogens (tertiary/aromatic N) is 1. The number of hydrogen-bond donors (Lipinski definition) is 7. The van der Waals surface area contributed by atoms with Crippen molar-refractivity contribution in [2.75, 3.05) is 13.1 Å². The molecule has 256 valence electrons. The number of amides is 4. The molecular weight excluding hydrogens is 628 g/mol. The maximum Gasteiger partial charge on any atom is 0.326 e. The minimum Gasteiger partial charge on any atom is -0.508 e. The standard InChI is InChI=1S/C36H40N6O7/c37-20-32(44)39-29(17-23-12-14-25(43)15-13-23)35(47)42-16-6-11-31(42)34(46)40-28(19-24-21-38-27-10-5-4-9-26(24)27)33(45)41-30(36(48)49)18-22-7-2-1-3-8-22/h1-5,7-10,12-15,21,28-31,38,43H,6,11,16-20,37H2,(H,39,44)(H,40,46)(H,41,45)(H,48,49)/t28-,29+,30-,31-/m1/s1. The number of aromatic amines is 1. The summed E-state index contributed by atoms with van der Waals surface area (Å²) in [5.41, 5.74) is 8.49. The van der Waals surface area contributed by atoms with Gasteiger partial charge in [-0.1, -0.05) is 60.7 Å². The monoisotopic (exact) mass is 668 g/mol. The van der Waals surface area contributed by atoms with E-state index in [4.69, 9.17) is 5.73 Å². The van der Waals surface area contributed by atoms with E-state index in [0.29, 0.717) is 18.4 Å². The van der Waals surface area contributed by atoms with Crippen LogP contribution in [0.3, 0.4) is 0 Å². The SMILES string of the molecule is NCC(=O)N[C@@H](Cc1ccc(O)cc1)C(=O)N1CCC[C@@H]1C(=O)N[C@H](Cc1c[nH]c2ccccc12)C(=O)N[C@H](Cc1ccccc1)C(=O)O. The van der Waals surface area contributed by atoms with Gasteiger partial charge in [0.1, 0.15) is 29.9 Å². The number of carbonyl (C=O) groups is 5. The van der Waals surface area contributed by atoms with Crippen molar-refractivity contribution in [1.29, 1.82) is 0 Å². The molecule has 49 heavy (non-hydrogen) atoms. The smallest absolute Gasteiger partial charge is 0.326 e. The van der Waals surface area contributed by atoms with Crippen molar-refractivity contribution in [3.8, 4) is 5.75 Å². The maximum absolute atomic E-state index is 13.9. The van der Waals surface area contributed by atoms with Crippen molar-refractivity contribution < 1.29 is 34.2 Å². The van der Waals surface area contributed by atoms with Gasteiger partial charge in [0, 0.05) is 42.9 Å². The number of aromatic nitrogens is 1. The molecule has 1 aliphatic rings. The fourth-order valence-corrected chi connectivity index (χ4v) is 6.14. The first-order chi connectivity index (χ1) is 23.6. The molecule has 3 aromatic carbocycles. The number of H-pyrrole nitrogens is 1. The second-order valence-electron chi connectivity index (χ2n) is 12.1. The summed E-state index contributed by atoms with van der Waals surface area (Å²) >= 11 is 0. The molecule has 0 spiro atoms. The first-order valence-electron chi connectivity index (χ1n) is 16.1. The Balaban J connectivity index is 1.37. The Labute approximate surface area is 282 Å². The van der Waals surface area contributed by atoms with Crippen LogP contribution in [0.25, 0.3) is 10.9 Å². The number of aromatic hydroxyl groups is 1. The highest BCUT2D eigenvalue weighted by molar-refractivity contribution is 5.96. The van der Waals surface area contributed by atoms with E-state index < -0.39 is 53.8 Å². The second-order valence-corrected chi connectivity index (χ2v) is 12.1. The van der Waals surface area contributed by atoms with Crippen molar-refractivity contribution >= 4 is 40.5 Å². The van der Waals surface area contributed by atoms with Gasteiger partial charge in [-0.2, -0.15) is 0 Å². The number of hydrogen-bond acceptors (Lipinski definition) is 7. The molecule has 0 radical (unpaired) electrons. The summed E-state index contributed by atoms with van der Waals surface area (Å²) in [5.74, 6) is -3.46. The quantitative estimate of drug-likeness (QED) is 0.104. The number of phenolic OH excluding ortho intramolecular Hbond substituents is 1. The number of para-hydroxylation sites is 1. The fraction of sp³-hybridized carbons (Fsp3) is 0.306. The zero-order valence-electron chi connectivity index (χ0n) is 26.8. The number of rotatable bonds is 14. The van der Waals surface area contributed by atoms with Gasteiger partial charge in [0.15, 0.2) is 0 Å². The van der Waals surface area contributed by atoms with E-state index in [2.05, 4.69) is 20.9 Å². The van der Waals surface area contributed by atoms with Gasteiger partial charge in [-0.3, -0.25) is 19.2 Å². The molecular formula is C36H40N6O7. The molecule has 1 aromatic heterocycles. The summed E-state index contributed by atoms with van der Waals surface area (Å²) in [7, 11) is 0. The molecule has 5 rings (SSSR count). The predicted molar refractivity (Wildman–Crippen MR) is 181 cm³/mol. The van der Waals surface area contributed by atoms with Crippen LogP contribution in [-0.2, 0) is 43.2 Å². The molecule has 2 heterocycles. The zero-order chi connectivity index (χ0) is 34.9. The lowest BCUT2D eigenvalue weighted by Crippen LogP contribution is -2.58. The van der Waals surface area contributed by atoms with Crippen LogP contribution in [0.15, 0.2) is 85.1 Å². The number of nitrogens with one attached hydrogen (secondary N) is 4. The largest absolute Gasteiger partial charge is 0.508 e. The summed E-state index contributed by atoms with van der Waals surface area (Å²) in [6.07, 6.45) is 2.77. The molecule has 1 aliphatic heterocycles. The van der Waals surface area contributed by atoms with Crippen molar-refractivity contribution in [2.45, 2.75) is 56.3 Å². The Hall–Kier alpha value is -5.69. The lowest BCUT2D eigenvalue weighted by molar-refractivity contribution is -0.143. The number of fused-ring (bicyclic) bond motifs is 1. The summed E-state index contributed by atoms with van der Waals surface area (Å²) < 4.78 is 0. The topological polar surface area (TPSA) is 207 Å². The van der Waals surface area contributed by atoms with Gasteiger partial charge in [0.25, 0.3) is 0 Å². The number of carboxylic acids is 1. The number of benzene rings is 3. The van der Waals surface area contributed by atoms with Crippen LogP contribution in [0.2, 0.25) is 0 Å². The number of carboxylic acid groups (broad SMARTS) is 1. The zero-order valence-corrected chi connectivity index (χ0v) is 26.8. The van der Waals surface area contributed by atoms with Crippen LogP contribution in [0.1, 0.15) is 29.5 Å². The van der Waals surface area contributed by atoms with E-state index in [-0.39, 0.29) is 38.1 Å². The molecule has 4 atom stereocenters. The molecule has 0 bridgehead atoms. The average Bonchev–Trinajstić information content (AvgIpc) is 3.76. The van der Waals surface area contributed by atoms with E-state index in [1.54, 1.807) is 42.6 Å². The Kier molecular flexibility index (Phi) is 11.3. The van der Waals surface area contributed by atoms with Crippen LogP contribution in [0, 0.1) is 0 Å². The van der Waals surface area contributed by atoms with Gasteiger partial charge in [0.2, 0.25) is 23.6 Å². The van der Waals surface area contributed by atoms with Gasteiger partial charge < -0.3 is 41.8 Å². The van der Waals surface area contributed by atoms with Crippen LogP contribution in [0.5, 0.6) is 5.75 Å². The highest BCUT2D eigenvalue weighted by Crippen LogP contribution is 2.23. The third kappa shape index (κ3) is 8.82. The summed E-state index contributed by atoms with van der Waals surface area (Å²) in [6, 6.07) is 18.2. The van der Waals surface area contributed by atoms with Crippen molar-refractivity contribution in [2.24, 2.45) is 5.73 Å². The molecule has 13 nitrogen and oxygen atoms in total. The third-order valence-electron chi connectivity index (χ3n) is 8.66. The number of nitrogens with two attached hydrogens (primary N) is 1. The van der Waals surface area contributed by atoms with E-state index >= 15 is 0 Å². The van der Waals surface area contributed by atoms with Gasteiger partial charge in [0.05, 0.1) is 6.54 Å². The number of carbonyl (C=O) groups excluding carboxylic acids is 4. The third-order valence-corrected chi connectivity index (χ3v) is 8.66. The van der Waals surface area contributed by atoms with Crippen molar-refractivity contribution in [1.82, 2.24) is 25.8 Å². The van der Waals surface area contributed by atoms with Gasteiger partial charge in [-0.25, -0.2) is 4.79 Å². The van der Waals surface area contributed by atoms with E-state index in [9.17, 15) is 34.2 Å². The minimum atomic E-state index is -1.26. The van der Waals surface area contributed by atoms with Crippen LogP contribution in [-0.4, -0.2) is 87.0 Å². The lowest BCUT2D eigenvalue weighted by atomic mass is 10.0. The molecule has 4 amide bonds. The van der Waals surface area contributed by atoms with E-state index in [1.165, 1.54) is 17.0 Å². The van der Waals surface area contributed by atoms with Crippen LogP contribution >= 0.6 is 0 Å².